The zero-order valence-corrected chi connectivity index (χ0v) is 22.2. The molecule has 0 nitrogen and oxygen atoms in total. The van der Waals surface area contributed by atoms with Crippen LogP contribution in [0.3, 0.4) is 0 Å². The van der Waals surface area contributed by atoms with Crippen molar-refractivity contribution in [2.45, 2.75) is 123 Å². The van der Waals surface area contributed by atoms with Gasteiger partial charge in [-0.2, -0.15) is 0 Å². The van der Waals surface area contributed by atoms with Crippen LogP contribution in [0.4, 0.5) is 0 Å². The lowest BCUT2D eigenvalue weighted by atomic mass is 9.94. The first kappa shape index (κ1) is 24.9. The van der Waals surface area contributed by atoms with Crippen LogP contribution in [0, 0.1) is 17.8 Å². The van der Waals surface area contributed by atoms with Gasteiger partial charge in [-0.05, 0) is 57.1 Å². The molecule has 0 saturated heterocycles. The quantitative estimate of drug-likeness (QED) is 0.413. The summed E-state index contributed by atoms with van der Waals surface area (Å²) in [6, 6.07) is 0. The lowest BCUT2D eigenvalue weighted by molar-refractivity contribution is 0.383. The lowest BCUT2D eigenvalue weighted by Crippen LogP contribution is -2.33. The van der Waals surface area contributed by atoms with Crippen molar-refractivity contribution in [1.82, 2.24) is 0 Å². The Morgan fingerprint density at radius 3 is 1.27 bits per heavy atom. The van der Waals surface area contributed by atoms with Gasteiger partial charge in [-0.1, -0.05) is 112 Å². The van der Waals surface area contributed by atoms with E-state index < -0.39 is 0 Å². The molecule has 1 aliphatic rings. The van der Waals surface area contributed by atoms with Crippen LogP contribution in [0.15, 0.2) is 0 Å². The minimum Gasteiger partial charge on any atom is -0.0954 e. The van der Waals surface area contributed by atoms with Gasteiger partial charge in [0.2, 0.25) is 0 Å². The van der Waals surface area contributed by atoms with Crippen molar-refractivity contribution in [1.29, 1.82) is 0 Å². The Kier molecular flexibility index (Phi) is 7.96. The second kappa shape index (κ2) is 8.31. The molecular formula is C24H50P2. The number of hydrogen-bond acceptors (Lipinski definition) is 0. The van der Waals surface area contributed by atoms with Crippen LogP contribution < -0.4 is 0 Å². The monoisotopic (exact) mass is 400 g/mol. The van der Waals surface area contributed by atoms with Gasteiger partial charge in [0.15, 0.2) is 0 Å². The highest BCUT2D eigenvalue weighted by Crippen LogP contribution is 2.65. The van der Waals surface area contributed by atoms with E-state index in [-0.39, 0.29) is 15.8 Å². The van der Waals surface area contributed by atoms with Gasteiger partial charge in [0.1, 0.15) is 0 Å². The molecule has 1 rings (SSSR count). The minimum absolute atomic E-state index is 0.0190. The summed E-state index contributed by atoms with van der Waals surface area (Å²) >= 11 is 0. The van der Waals surface area contributed by atoms with Gasteiger partial charge >= 0.3 is 0 Å². The Morgan fingerprint density at radius 2 is 0.923 bits per heavy atom. The molecule has 26 heavy (non-hydrogen) atoms. The zero-order chi connectivity index (χ0) is 20.7. The average Bonchev–Trinajstić information content (AvgIpc) is 2.68. The first-order chi connectivity index (χ1) is 11.3. The first-order valence-electron chi connectivity index (χ1n) is 10.9. The third-order valence-corrected chi connectivity index (χ3v) is 14.5. The summed E-state index contributed by atoms with van der Waals surface area (Å²) in [6.45, 7) is 32.5. The average molecular weight is 401 g/mol. The Hall–Kier alpha value is 0.860. The minimum atomic E-state index is 0.0190. The van der Waals surface area contributed by atoms with Crippen molar-refractivity contribution in [3.05, 3.63) is 0 Å². The third-order valence-electron chi connectivity index (χ3n) is 6.38. The molecule has 0 radical (unpaired) electrons. The highest BCUT2D eigenvalue weighted by Gasteiger charge is 2.44. The molecule has 0 aliphatic heterocycles. The van der Waals surface area contributed by atoms with E-state index in [2.05, 4.69) is 90.0 Å². The van der Waals surface area contributed by atoms with Crippen LogP contribution in [0.2, 0.25) is 0 Å². The molecule has 0 spiro atoms. The van der Waals surface area contributed by atoms with Crippen LogP contribution in [-0.2, 0) is 0 Å². The van der Waals surface area contributed by atoms with E-state index in [9.17, 15) is 0 Å². The van der Waals surface area contributed by atoms with E-state index in [1.807, 2.05) is 0 Å². The molecule has 0 bridgehead atoms. The topological polar surface area (TPSA) is 0 Å². The summed E-state index contributed by atoms with van der Waals surface area (Å²) in [5.74, 6) is 2.84. The van der Waals surface area contributed by atoms with Gasteiger partial charge in [0.25, 0.3) is 0 Å². The molecule has 0 heterocycles. The molecule has 1 unspecified atom stereocenters. The van der Waals surface area contributed by atoms with Gasteiger partial charge in [-0.15, -0.1) is 0 Å². The fraction of sp³-hybridized carbons (Fsp3) is 1.00. The smallest absolute Gasteiger partial charge is 0.0175 e. The summed E-state index contributed by atoms with van der Waals surface area (Å²) in [6.07, 6.45) is 5.93. The van der Waals surface area contributed by atoms with Gasteiger partial charge in [0, 0.05) is 0 Å². The van der Waals surface area contributed by atoms with Crippen LogP contribution >= 0.6 is 15.8 Å². The fourth-order valence-electron chi connectivity index (χ4n) is 5.48. The predicted molar refractivity (Wildman–Crippen MR) is 128 cm³/mol. The van der Waals surface area contributed by atoms with Gasteiger partial charge in [-0.25, -0.2) is 0 Å². The Labute approximate surface area is 169 Å². The maximum atomic E-state index is 2.56. The largest absolute Gasteiger partial charge is 0.0954 e. The van der Waals surface area contributed by atoms with E-state index in [0.29, 0.717) is 20.6 Å². The Bertz CT molecular complexity index is 411. The maximum Gasteiger partial charge on any atom is -0.0175 e. The molecule has 156 valence electrons. The normalized spacial score (nSPS) is 26.2. The highest BCUT2D eigenvalue weighted by atomic mass is 31.1. The second-order valence-corrected chi connectivity index (χ2v) is 20.7. The van der Waals surface area contributed by atoms with Crippen molar-refractivity contribution in [3.8, 4) is 0 Å². The van der Waals surface area contributed by atoms with Crippen molar-refractivity contribution in [3.63, 3.8) is 0 Å². The van der Waals surface area contributed by atoms with Crippen molar-refractivity contribution < 1.29 is 0 Å². The molecule has 0 N–H and O–H groups in total. The highest BCUT2D eigenvalue weighted by molar-refractivity contribution is 7.61. The standard InChI is InChI=1S/C24H50P2/c1-18-14-15-19(16-25(21(2,3)4)22(5,6)7)20(18)17-26(23(8,9)10)24(11,12)13/h18-20H,14-17H2,1-13H3/t18?,19-,20-/m1/s1. The molecular weight excluding hydrogens is 350 g/mol. The van der Waals surface area contributed by atoms with E-state index in [4.69, 9.17) is 0 Å². The molecule has 2 heteroatoms. The van der Waals surface area contributed by atoms with Crippen molar-refractivity contribution in [2.75, 3.05) is 12.3 Å². The Balaban J connectivity index is 3.06. The fourth-order valence-corrected chi connectivity index (χ4v) is 13.7. The molecule has 0 amide bonds. The van der Waals surface area contributed by atoms with Crippen LogP contribution in [0.25, 0.3) is 0 Å². The van der Waals surface area contributed by atoms with Crippen molar-refractivity contribution in [2.24, 2.45) is 17.8 Å². The molecule has 1 aliphatic carbocycles. The lowest BCUT2D eigenvalue weighted by Gasteiger charge is -2.46. The molecule has 0 aromatic heterocycles. The van der Waals surface area contributed by atoms with Gasteiger partial charge in [0.05, 0.1) is 0 Å². The molecule has 0 aromatic rings. The van der Waals surface area contributed by atoms with Gasteiger partial charge < -0.3 is 0 Å². The van der Waals surface area contributed by atoms with Crippen molar-refractivity contribution >= 4 is 15.8 Å². The summed E-state index contributed by atoms with van der Waals surface area (Å²) in [4.78, 5) is 0. The number of hydrogen-bond donors (Lipinski definition) is 0. The van der Waals surface area contributed by atoms with Crippen LogP contribution in [0.5, 0.6) is 0 Å². The van der Waals surface area contributed by atoms with Crippen LogP contribution in [0.1, 0.15) is 103 Å². The predicted octanol–water partition coefficient (Wildman–Crippen LogP) is 8.81. The van der Waals surface area contributed by atoms with E-state index in [0.717, 1.165) is 17.8 Å². The summed E-state index contributed by atoms with van der Waals surface area (Å²) in [7, 11) is 0.0456. The maximum absolute atomic E-state index is 2.56. The van der Waals surface area contributed by atoms with E-state index in [1.165, 1.54) is 25.2 Å². The third kappa shape index (κ3) is 6.73. The van der Waals surface area contributed by atoms with E-state index in [1.54, 1.807) is 0 Å². The first-order valence-corrected chi connectivity index (χ1v) is 14.0. The molecule has 1 saturated carbocycles. The molecule has 1 fully saturated rings. The van der Waals surface area contributed by atoms with Gasteiger partial charge in [-0.3, -0.25) is 0 Å². The summed E-state index contributed by atoms with van der Waals surface area (Å²) < 4.78 is 0. The second-order valence-electron chi connectivity index (χ2n) is 12.9. The summed E-state index contributed by atoms with van der Waals surface area (Å²) in [5.41, 5.74) is 0. The molecule has 0 aromatic carbocycles. The Morgan fingerprint density at radius 1 is 0.577 bits per heavy atom. The number of rotatable bonds is 4. The van der Waals surface area contributed by atoms with Crippen LogP contribution in [-0.4, -0.2) is 32.9 Å². The summed E-state index contributed by atoms with van der Waals surface area (Å²) in [5, 5.41) is 1.84. The molecule has 3 atom stereocenters. The van der Waals surface area contributed by atoms with E-state index >= 15 is 0 Å². The zero-order valence-electron chi connectivity index (χ0n) is 20.5. The SMILES string of the molecule is CC1CC[C@H](CP(C(C)(C)C)C(C)(C)C)[C@@H]1CP(C(C)(C)C)C(C)(C)C.